The highest BCUT2D eigenvalue weighted by Gasteiger charge is 2.21. The van der Waals surface area contributed by atoms with Gasteiger partial charge in [0.15, 0.2) is 0 Å². The van der Waals surface area contributed by atoms with Crippen molar-refractivity contribution in [3.63, 3.8) is 0 Å². The molecule has 21 heavy (non-hydrogen) atoms. The zero-order chi connectivity index (χ0) is 14.7. The number of halogens is 1. The Balaban J connectivity index is 1.85. The molecule has 1 N–H and O–H groups in total. The second kappa shape index (κ2) is 6.73. The zero-order valence-corrected chi connectivity index (χ0v) is 13.5. The maximum absolute atomic E-state index is 6.42. The number of rotatable bonds is 6. The summed E-state index contributed by atoms with van der Waals surface area (Å²) >= 11 is 8.08. The molecule has 0 aromatic heterocycles. The Morgan fingerprint density at radius 3 is 2.76 bits per heavy atom. The monoisotopic (exact) mass is 319 g/mol. The van der Waals surface area contributed by atoms with Gasteiger partial charge in [0, 0.05) is 17.5 Å². The summed E-state index contributed by atoms with van der Waals surface area (Å²) < 4.78 is 5.43. The molecule has 0 amide bonds. The summed E-state index contributed by atoms with van der Waals surface area (Å²) in [6.45, 7) is 0.864. The summed E-state index contributed by atoms with van der Waals surface area (Å²) in [4.78, 5) is 2.19. The molecule has 0 heterocycles. The van der Waals surface area contributed by atoms with Crippen LogP contribution in [-0.4, -0.2) is 13.2 Å². The van der Waals surface area contributed by atoms with Gasteiger partial charge in [0.25, 0.3) is 0 Å². The average Bonchev–Trinajstić information content (AvgIpc) is 3.32. The van der Waals surface area contributed by atoms with Gasteiger partial charge in [0.2, 0.25) is 0 Å². The molecule has 1 aliphatic carbocycles. The minimum atomic E-state index is 0.688. The second-order valence-electron chi connectivity index (χ2n) is 5.14. The van der Waals surface area contributed by atoms with E-state index in [2.05, 4.69) is 17.4 Å². The van der Waals surface area contributed by atoms with E-state index in [1.54, 1.807) is 18.9 Å². The predicted molar refractivity (Wildman–Crippen MR) is 88.4 cm³/mol. The third kappa shape index (κ3) is 3.73. The predicted octanol–water partition coefficient (Wildman–Crippen LogP) is 4.75. The van der Waals surface area contributed by atoms with E-state index in [0.717, 1.165) is 27.1 Å². The van der Waals surface area contributed by atoms with Crippen molar-refractivity contribution in [1.82, 2.24) is 5.32 Å². The molecule has 1 saturated carbocycles. The van der Waals surface area contributed by atoms with Gasteiger partial charge in [-0.1, -0.05) is 47.6 Å². The van der Waals surface area contributed by atoms with Crippen molar-refractivity contribution in [1.29, 1.82) is 0 Å². The topological polar surface area (TPSA) is 21.3 Å². The zero-order valence-electron chi connectivity index (χ0n) is 11.9. The molecule has 1 aliphatic rings. The molecule has 1 fully saturated rings. The van der Waals surface area contributed by atoms with Crippen molar-refractivity contribution in [2.75, 3.05) is 7.11 Å². The molecule has 2 nitrogen and oxygen atoms in total. The maximum Gasteiger partial charge on any atom is 0.132 e. The molecule has 3 rings (SSSR count). The molecule has 0 bridgehead atoms. The lowest BCUT2D eigenvalue weighted by Crippen LogP contribution is -2.15. The Hall–Kier alpha value is -1.16. The van der Waals surface area contributed by atoms with E-state index in [1.807, 2.05) is 30.3 Å². The summed E-state index contributed by atoms with van der Waals surface area (Å²) in [6, 6.07) is 14.8. The molecular formula is C17H18ClNOS. The number of benzene rings is 2. The van der Waals surface area contributed by atoms with Crippen LogP contribution in [0.25, 0.3) is 0 Å². The van der Waals surface area contributed by atoms with Crippen LogP contribution in [0, 0.1) is 0 Å². The van der Waals surface area contributed by atoms with Gasteiger partial charge in [0.05, 0.1) is 17.0 Å². The van der Waals surface area contributed by atoms with E-state index >= 15 is 0 Å². The van der Waals surface area contributed by atoms with E-state index in [0.29, 0.717) is 6.04 Å². The van der Waals surface area contributed by atoms with E-state index in [-0.39, 0.29) is 0 Å². The smallest absolute Gasteiger partial charge is 0.132 e. The van der Waals surface area contributed by atoms with E-state index < -0.39 is 0 Å². The van der Waals surface area contributed by atoms with Crippen LogP contribution in [0.5, 0.6) is 5.75 Å². The molecule has 0 spiro atoms. The largest absolute Gasteiger partial charge is 0.496 e. The Bertz CT molecular complexity index is 628. The molecule has 0 radical (unpaired) electrons. The van der Waals surface area contributed by atoms with Crippen LogP contribution in [0.4, 0.5) is 0 Å². The molecule has 0 unspecified atom stereocenters. The Morgan fingerprint density at radius 2 is 2.00 bits per heavy atom. The first-order valence-electron chi connectivity index (χ1n) is 7.09. The first kappa shape index (κ1) is 14.8. The van der Waals surface area contributed by atoms with E-state index in [9.17, 15) is 0 Å². The van der Waals surface area contributed by atoms with Crippen LogP contribution < -0.4 is 10.1 Å². The van der Waals surface area contributed by atoms with Gasteiger partial charge >= 0.3 is 0 Å². The SMILES string of the molecule is COc1ccccc1Sc1c(Cl)cccc1CNC1CC1. The molecule has 2 aromatic rings. The summed E-state index contributed by atoms with van der Waals surface area (Å²) in [5.41, 5.74) is 1.24. The Kier molecular flexibility index (Phi) is 4.73. The van der Waals surface area contributed by atoms with Crippen molar-refractivity contribution < 1.29 is 4.74 Å². The van der Waals surface area contributed by atoms with Gasteiger partial charge < -0.3 is 10.1 Å². The molecule has 0 aliphatic heterocycles. The number of methoxy groups -OCH3 is 1. The Morgan fingerprint density at radius 1 is 1.19 bits per heavy atom. The van der Waals surface area contributed by atoms with Crippen molar-refractivity contribution >= 4 is 23.4 Å². The summed E-state index contributed by atoms with van der Waals surface area (Å²) in [7, 11) is 1.70. The number of hydrogen-bond donors (Lipinski definition) is 1. The average molecular weight is 320 g/mol. The fraction of sp³-hybridized carbons (Fsp3) is 0.294. The molecule has 4 heteroatoms. The lowest BCUT2D eigenvalue weighted by atomic mass is 10.2. The minimum absolute atomic E-state index is 0.688. The number of para-hydroxylation sites is 1. The first-order chi connectivity index (χ1) is 10.3. The van der Waals surface area contributed by atoms with Crippen LogP contribution in [0.3, 0.4) is 0 Å². The van der Waals surface area contributed by atoms with Gasteiger partial charge in [-0.25, -0.2) is 0 Å². The fourth-order valence-corrected chi connectivity index (χ4v) is 3.53. The van der Waals surface area contributed by atoms with Gasteiger partial charge in [-0.2, -0.15) is 0 Å². The standard InChI is InChI=1S/C17H18ClNOS/c1-20-15-7-2-3-8-16(15)21-17-12(5-4-6-14(17)18)11-19-13-9-10-13/h2-8,13,19H,9-11H2,1H3. The lowest BCUT2D eigenvalue weighted by Gasteiger charge is -2.13. The fourth-order valence-electron chi connectivity index (χ4n) is 2.16. The van der Waals surface area contributed by atoms with Gasteiger partial charge in [-0.05, 0) is 36.6 Å². The van der Waals surface area contributed by atoms with E-state index in [1.165, 1.54) is 18.4 Å². The Labute approximate surface area is 134 Å². The molecular weight excluding hydrogens is 302 g/mol. The highest BCUT2D eigenvalue weighted by molar-refractivity contribution is 7.99. The van der Waals surface area contributed by atoms with Crippen molar-refractivity contribution in [2.45, 2.75) is 35.2 Å². The van der Waals surface area contributed by atoms with Crippen LogP contribution in [-0.2, 0) is 6.54 Å². The number of hydrogen-bond acceptors (Lipinski definition) is 3. The van der Waals surface area contributed by atoms with Crippen molar-refractivity contribution in [3.05, 3.63) is 53.1 Å². The highest BCUT2D eigenvalue weighted by Crippen LogP contribution is 2.40. The molecule has 0 saturated heterocycles. The number of nitrogens with one attached hydrogen (secondary N) is 1. The first-order valence-corrected chi connectivity index (χ1v) is 8.29. The van der Waals surface area contributed by atoms with E-state index in [4.69, 9.17) is 16.3 Å². The molecule has 0 atom stereocenters. The van der Waals surface area contributed by atoms with Gasteiger partial charge in [-0.15, -0.1) is 0 Å². The normalized spacial score (nSPS) is 14.2. The van der Waals surface area contributed by atoms with Crippen LogP contribution in [0.15, 0.2) is 52.3 Å². The van der Waals surface area contributed by atoms with Crippen molar-refractivity contribution in [3.8, 4) is 5.75 Å². The summed E-state index contributed by atoms with van der Waals surface area (Å²) in [5, 5.41) is 4.34. The highest BCUT2D eigenvalue weighted by atomic mass is 35.5. The molecule has 110 valence electrons. The third-order valence-corrected chi connectivity index (χ3v) is 5.16. The quantitative estimate of drug-likeness (QED) is 0.830. The third-order valence-electron chi connectivity index (χ3n) is 3.49. The van der Waals surface area contributed by atoms with Gasteiger partial charge in [0.1, 0.15) is 5.75 Å². The summed E-state index contributed by atoms with van der Waals surface area (Å²) in [6.07, 6.45) is 2.57. The van der Waals surface area contributed by atoms with Crippen LogP contribution in [0.1, 0.15) is 18.4 Å². The van der Waals surface area contributed by atoms with Crippen molar-refractivity contribution in [2.24, 2.45) is 0 Å². The maximum atomic E-state index is 6.42. The summed E-state index contributed by atoms with van der Waals surface area (Å²) in [5.74, 6) is 0.878. The molecule has 2 aromatic carbocycles. The van der Waals surface area contributed by atoms with Gasteiger partial charge in [-0.3, -0.25) is 0 Å². The van der Waals surface area contributed by atoms with Crippen LogP contribution >= 0.6 is 23.4 Å². The second-order valence-corrected chi connectivity index (χ2v) is 6.60. The minimum Gasteiger partial charge on any atom is -0.496 e. The lowest BCUT2D eigenvalue weighted by molar-refractivity contribution is 0.405. The van der Waals surface area contributed by atoms with Crippen LogP contribution in [0.2, 0.25) is 5.02 Å². The number of ether oxygens (including phenoxy) is 1.